The normalized spacial score (nSPS) is 12.7. The van der Waals surface area contributed by atoms with Crippen LogP contribution in [0.25, 0.3) is 39.6 Å². The van der Waals surface area contributed by atoms with E-state index in [0.29, 0.717) is 0 Å². The standard InChI is InChI=1S/C23H20N3/c1-16-10-11-18(17-7-4-3-5-8-17)13-19(16)21-14-20-22(15-25(21)2)26-12-6-9-23(26)24-20/h3-8,10-15H,9H2,1-2H3/q+1. The molecule has 0 atom stereocenters. The zero-order chi connectivity index (χ0) is 17.7. The molecule has 0 unspecified atom stereocenters. The quantitative estimate of drug-likeness (QED) is 0.492. The van der Waals surface area contributed by atoms with E-state index in [4.69, 9.17) is 4.98 Å². The first-order chi connectivity index (χ1) is 12.7. The zero-order valence-corrected chi connectivity index (χ0v) is 15.0. The first-order valence-corrected chi connectivity index (χ1v) is 8.94. The Kier molecular flexibility index (Phi) is 3.29. The van der Waals surface area contributed by atoms with E-state index in [0.717, 1.165) is 23.3 Å². The number of pyridine rings is 1. The number of hydrogen-bond acceptors (Lipinski definition) is 1. The molecule has 0 bridgehead atoms. The third kappa shape index (κ3) is 2.28. The lowest BCUT2D eigenvalue weighted by Crippen LogP contribution is -2.30. The molecule has 5 rings (SSSR count). The van der Waals surface area contributed by atoms with Crippen LogP contribution in [0.15, 0.2) is 66.9 Å². The molecule has 0 aliphatic carbocycles. The van der Waals surface area contributed by atoms with E-state index in [1.807, 2.05) is 0 Å². The summed E-state index contributed by atoms with van der Waals surface area (Å²) in [6.45, 7) is 2.17. The van der Waals surface area contributed by atoms with Crippen molar-refractivity contribution in [2.45, 2.75) is 13.3 Å². The molecule has 0 saturated heterocycles. The maximum absolute atomic E-state index is 4.82. The Morgan fingerprint density at radius 1 is 1.00 bits per heavy atom. The van der Waals surface area contributed by atoms with Crippen LogP contribution in [0.4, 0.5) is 0 Å². The summed E-state index contributed by atoms with van der Waals surface area (Å²) in [5, 5.41) is 0. The molecule has 0 amide bonds. The van der Waals surface area contributed by atoms with Crippen molar-refractivity contribution in [1.29, 1.82) is 0 Å². The van der Waals surface area contributed by atoms with Crippen LogP contribution in [-0.2, 0) is 13.5 Å². The Morgan fingerprint density at radius 3 is 2.69 bits per heavy atom. The smallest absolute Gasteiger partial charge is 0.214 e. The van der Waals surface area contributed by atoms with Gasteiger partial charge in [-0.15, -0.1) is 0 Å². The van der Waals surface area contributed by atoms with Crippen molar-refractivity contribution in [1.82, 2.24) is 9.55 Å². The summed E-state index contributed by atoms with van der Waals surface area (Å²) in [4.78, 5) is 4.82. The van der Waals surface area contributed by atoms with Gasteiger partial charge in [-0.2, -0.15) is 4.57 Å². The lowest BCUT2D eigenvalue weighted by Gasteiger charge is -2.08. The largest absolute Gasteiger partial charge is 0.298 e. The molecule has 0 saturated carbocycles. The van der Waals surface area contributed by atoms with Crippen LogP contribution in [-0.4, -0.2) is 9.55 Å². The Morgan fingerprint density at radius 2 is 1.85 bits per heavy atom. The van der Waals surface area contributed by atoms with Gasteiger partial charge in [-0.25, -0.2) is 4.98 Å². The van der Waals surface area contributed by atoms with Crippen LogP contribution in [0.3, 0.4) is 0 Å². The summed E-state index contributed by atoms with van der Waals surface area (Å²) in [6.07, 6.45) is 7.37. The number of fused-ring (bicyclic) bond motifs is 3. The molecule has 3 heterocycles. The Balaban J connectivity index is 1.70. The second-order valence-electron chi connectivity index (χ2n) is 6.92. The minimum Gasteiger partial charge on any atom is -0.298 e. The Hall–Kier alpha value is -3.20. The lowest BCUT2D eigenvalue weighted by atomic mass is 9.97. The molecular weight excluding hydrogens is 318 g/mol. The topological polar surface area (TPSA) is 21.7 Å². The van der Waals surface area contributed by atoms with Gasteiger partial charge < -0.3 is 0 Å². The minimum atomic E-state index is 0.913. The van der Waals surface area contributed by atoms with Crippen molar-refractivity contribution in [3.8, 4) is 22.4 Å². The highest BCUT2D eigenvalue weighted by Crippen LogP contribution is 2.29. The predicted molar refractivity (Wildman–Crippen MR) is 106 cm³/mol. The highest BCUT2D eigenvalue weighted by atomic mass is 15.1. The third-order valence-corrected chi connectivity index (χ3v) is 5.19. The number of allylic oxidation sites excluding steroid dienone is 1. The van der Waals surface area contributed by atoms with E-state index >= 15 is 0 Å². The number of benzene rings is 2. The predicted octanol–water partition coefficient (Wildman–Crippen LogP) is 4.53. The Bertz CT molecular complexity index is 1170. The SMILES string of the molecule is Cc1ccc(-c2ccccc2)cc1-c1cc2nc3n(c2c[n+]1C)C=CC3. The molecule has 3 heteroatoms. The van der Waals surface area contributed by atoms with Gasteiger partial charge in [0.15, 0.2) is 6.20 Å². The minimum absolute atomic E-state index is 0.913. The van der Waals surface area contributed by atoms with Crippen molar-refractivity contribution in [3.05, 3.63) is 78.3 Å². The molecule has 1 aliphatic rings. The second kappa shape index (κ2) is 5.67. The van der Waals surface area contributed by atoms with Crippen molar-refractivity contribution in [2.75, 3.05) is 0 Å². The van der Waals surface area contributed by atoms with Gasteiger partial charge in [0.05, 0.1) is 0 Å². The summed E-state index contributed by atoms with van der Waals surface area (Å²) in [6, 6.07) is 19.4. The average Bonchev–Trinajstić information content (AvgIpc) is 3.24. The number of hydrogen-bond donors (Lipinski definition) is 0. The van der Waals surface area contributed by atoms with E-state index < -0.39 is 0 Å². The number of nitrogens with zero attached hydrogens (tertiary/aromatic N) is 3. The van der Waals surface area contributed by atoms with Crippen LogP contribution in [0.2, 0.25) is 0 Å². The van der Waals surface area contributed by atoms with Crippen LogP contribution >= 0.6 is 0 Å². The summed E-state index contributed by atoms with van der Waals surface area (Å²) in [5.41, 5.74) is 8.41. The number of aryl methyl sites for hydroxylation is 2. The second-order valence-corrected chi connectivity index (χ2v) is 6.92. The third-order valence-electron chi connectivity index (χ3n) is 5.19. The molecule has 2 aromatic carbocycles. The van der Waals surface area contributed by atoms with Crippen molar-refractivity contribution >= 4 is 17.2 Å². The summed E-state index contributed by atoms with van der Waals surface area (Å²) in [5.74, 6) is 1.12. The highest BCUT2D eigenvalue weighted by Gasteiger charge is 2.20. The van der Waals surface area contributed by atoms with Crippen LogP contribution < -0.4 is 4.57 Å². The van der Waals surface area contributed by atoms with Gasteiger partial charge in [0.25, 0.3) is 0 Å². The van der Waals surface area contributed by atoms with Crippen molar-refractivity contribution in [2.24, 2.45) is 7.05 Å². The van der Waals surface area contributed by atoms with Crippen LogP contribution in [0.1, 0.15) is 11.4 Å². The molecule has 126 valence electrons. The van der Waals surface area contributed by atoms with Gasteiger partial charge in [-0.1, -0.05) is 48.5 Å². The molecule has 0 N–H and O–H groups in total. The highest BCUT2D eigenvalue weighted by molar-refractivity contribution is 5.82. The van der Waals surface area contributed by atoms with Gasteiger partial charge in [-0.05, 0) is 29.7 Å². The fourth-order valence-electron chi connectivity index (χ4n) is 3.78. The Labute approximate surface area is 152 Å². The van der Waals surface area contributed by atoms with Crippen LogP contribution in [0, 0.1) is 6.92 Å². The number of rotatable bonds is 2. The average molecular weight is 338 g/mol. The fourth-order valence-corrected chi connectivity index (χ4v) is 3.78. The summed E-state index contributed by atoms with van der Waals surface area (Å²) >= 11 is 0. The van der Waals surface area contributed by atoms with Gasteiger partial charge in [-0.3, -0.25) is 4.57 Å². The summed E-state index contributed by atoms with van der Waals surface area (Å²) in [7, 11) is 2.11. The van der Waals surface area contributed by atoms with Crippen molar-refractivity contribution in [3.63, 3.8) is 0 Å². The maximum atomic E-state index is 4.82. The van der Waals surface area contributed by atoms with Gasteiger partial charge >= 0.3 is 0 Å². The number of aromatic nitrogens is 3. The van der Waals surface area contributed by atoms with Gasteiger partial charge in [0, 0.05) is 24.3 Å². The molecule has 26 heavy (non-hydrogen) atoms. The monoisotopic (exact) mass is 338 g/mol. The van der Waals surface area contributed by atoms with E-state index in [1.54, 1.807) is 0 Å². The lowest BCUT2D eigenvalue weighted by molar-refractivity contribution is -0.659. The first-order valence-electron chi connectivity index (χ1n) is 8.94. The van der Waals surface area contributed by atoms with E-state index in [1.165, 1.54) is 27.9 Å². The first kappa shape index (κ1) is 15.1. The molecule has 0 fully saturated rings. The molecule has 0 spiro atoms. The van der Waals surface area contributed by atoms with E-state index in [2.05, 4.69) is 96.2 Å². The number of imidazole rings is 1. The zero-order valence-electron chi connectivity index (χ0n) is 15.0. The van der Waals surface area contributed by atoms with Crippen molar-refractivity contribution < 1.29 is 4.57 Å². The molecular formula is C23H20N3+. The molecule has 0 radical (unpaired) electrons. The molecule has 3 nitrogen and oxygen atoms in total. The van der Waals surface area contributed by atoms with Gasteiger partial charge in [0.1, 0.15) is 23.9 Å². The molecule has 4 aromatic rings. The summed E-state index contributed by atoms with van der Waals surface area (Å²) < 4.78 is 4.40. The van der Waals surface area contributed by atoms with E-state index in [9.17, 15) is 0 Å². The maximum Gasteiger partial charge on any atom is 0.214 e. The van der Waals surface area contributed by atoms with Crippen LogP contribution in [0.5, 0.6) is 0 Å². The fraction of sp³-hybridized carbons (Fsp3) is 0.130. The molecule has 2 aromatic heterocycles. The van der Waals surface area contributed by atoms with E-state index in [-0.39, 0.29) is 0 Å². The van der Waals surface area contributed by atoms with Gasteiger partial charge in [0.2, 0.25) is 5.69 Å². The molecule has 1 aliphatic heterocycles.